The molecule has 2 saturated heterocycles. The molecule has 2 aliphatic heterocycles. The van der Waals surface area contributed by atoms with Crippen LogP contribution in [0.4, 0.5) is 11.4 Å². The molecule has 5 N–H and O–H groups in total. The topological polar surface area (TPSA) is 84.4 Å². The molecule has 1 aromatic carbocycles. The Labute approximate surface area is 112 Å². The molecule has 19 heavy (non-hydrogen) atoms. The molecule has 3 rings (SSSR count). The number of rotatable bonds is 3. The van der Waals surface area contributed by atoms with Gasteiger partial charge in [0.15, 0.2) is 0 Å². The summed E-state index contributed by atoms with van der Waals surface area (Å²) in [4.78, 5) is 13.8. The molecule has 1 aromatic rings. The van der Waals surface area contributed by atoms with Crippen LogP contribution in [0.15, 0.2) is 18.2 Å². The SMILES string of the molecule is NC(=O)c1cccc(NC2CCN3CCCC23)c1N. The fraction of sp³-hybridized carbons (Fsp3) is 0.500. The Morgan fingerprint density at radius 2 is 2.16 bits per heavy atom. The van der Waals surface area contributed by atoms with Crippen LogP contribution in [0.25, 0.3) is 0 Å². The Morgan fingerprint density at radius 1 is 1.32 bits per heavy atom. The van der Waals surface area contributed by atoms with Crippen molar-refractivity contribution in [2.45, 2.75) is 31.3 Å². The van der Waals surface area contributed by atoms with Crippen molar-refractivity contribution in [2.24, 2.45) is 5.73 Å². The average Bonchev–Trinajstić information content (AvgIpc) is 2.96. The van der Waals surface area contributed by atoms with Crippen LogP contribution in [0.2, 0.25) is 0 Å². The van der Waals surface area contributed by atoms with E-state index in [1.165, 1.54) is 19.4 Å². The molecule has 2 unspecified atom stereocenters. The van der Waals surface area contributed by atoms with Crippen LogP contribution < -0.4 is 16.8 Å². The van der Waals surface area contributed by atoms with Gasteiger partial charge in [0.05, 0.1) is 16.9 Å². The number of para-hydroxylation sites is 1. The molecule has 0 spiro atoms. The Bertz CT molecular complexity index is 502. The molecule has 102 valence electrons. The van der Waals surface area contributed by atoms with Crippen molar-refractivity contribution in [3.05, 3.63) is 23.8 Å². The summed E-state index contributed by atoms with van der Waals surface area (Å²) in [7, 11) is 0. The van der Waals surface area contributed by atoms with E-state index in [1.807, 2.05) is 12.1 Å². The summed E-state index contributed by atoms with van der Waals surface area (Å²) in [5, 5.41) is 3.50. The highest BCUT2D eigenvalue weighted by Crippen LogP contribution is 2.32. The van der Waals surface area contributed by atoms with Crippen LogP contribution >= 0.6 is 0 Å². The van der Waals surface area contributed by atoms with Crippen LogP contribution in [0, 0.1) is 0 Å². The van der Waals surface area contributed by atoms with E-state index in [1.54, 1.807) is 6.07 Å². The molecule has 2 heterocycles. The van der Waals surface area contributed by atoms with Gasteiger partial charge in [0, 0.05) is 18.6 Å². The first-order valence-corrected chi connectivity index (χ1v) is 6.85. The number of nitrogens with zero attached hydrogens (tertiary/aromatic N) is 1. The van der Waals surface area contributed by atoms with E-state index >= 15 is 0 Å². The number of nitrogens with two attached hydrogens (primary N) is 2. The maximum Gasteiger partial charge on any atom is 0.250 e. The Kier molecular flexibility index (Phi) is 3.06. The third kappa shape index (κ3) is 2.14. The summed E-state index contributed by atoms with van der Waals surface area (Å²) in [6, 6.07) is 6.43. The van der Waals surface area contributed by atoms with Gasteiger partial charge in [-0.15, -0.1) is 0 Å². The summed E-state index contributed by atoms with van der Waals surface area (Å²) < 4.78 is 0. The number of nitrogen functional groups attached to an aromatic ring is 1. The number of anilines is 2. The van der Waals surface area contributed by atoms with Gasteiger partial charge in [-0.05, 0) is 37.9 Å². The van der Waals surface area contributed by atoms with Gasteiger partial charge in [-0.3, -0.25) is 9.69 Å². The standard InChI is InChI=1S/C14H20N4O/c15-13-9(14(16)19)3-1-4-11(13)17-10-6-8-18-7-2-5-12(10)18/h1,3-4,10,12,17H,2,5-8,15H2,(H2,16,19). The average molecular weight is 260 g/mol. The van der Waals surface area contributed by atoms with Gasteiger partial charge in [0.25, 0.3) is 5.91 Å². The van der Waals surface area contributed by atoms with E-state index in [0.717, 1.165) is 18.7 Å². The molecule has 0 aromatic heterocycles. The number of hydrogen-bond donors (Lipinski definition) is 3. The molecule has 0 bridgehead atoms. The second kappa shape index (κ2) is 4.74. The Balaban J connectivity index is 1.80. The third-order valence-electron chi connectivity index (χ3n) is 4.32. The van der Waals surface area contributed by atoms with Crippen molar-refractivity contribution < 1.29 is 4.79 Å². The second-order valence-corrected chi connectivity index (χ2v) is 5.42. The highest BCUT2D eigenvalue weighted by atomic mass is 16.1. The molecule has 2 fully saturated rings. The fourth-order valence-electron chi connectivity index (χ4n) is 3.36. The first-order valence-electron chi connectivity index (χ1n) is 6.85. The summed E-state index contributed by atoms with van der Waals surface area (Å²) in [5.41, 5.74) is 13.0. The van der Waals surface area contributed by atoms with Crippen LogP contribution in [0.5, 0.6) is 0 Å². The van der Waals surface area contributed by atoms with Gasteiger partial charge in [-0.1, -0.05) is 6.07 Å². The first-order chi connectivity index (χ1) is 9.16. The largest absolute Gasteiger partial charge is 0.396 e. The molecule has 1 amide bonds. The van der Waals surface area contributed by atoms with Gasteiger partial charge in [0.2, 0.25) is 0 Å². The number of carbonyl (C=O) groups excluding carboxylic acids is 1. The van der Waals surface area contributed by atoms with E-state index in [-0.39, 0.29) is 0 Å². The number of primary amides is 1. The van der Waals surface area contributed by atoms with Gasteiger partial charge in [-0.25, -0.2) is 0 Å². The molecule has 0 saturated carbocycles. The number of hydrogen-bond acceptors (Lipinski definition) is 4. The molecule has 5 nitrogen and oxygen atoms in total. The van der Waals surface area contributed by atoms with Crippen molar-refractivity contribution in [1.82, 2.24) is 4.90 Å². The second-order valence-electron chi connectivity index (χ2n) is 5.42. The highest BCUT2D eigenvalue weighted by Gasteiger charge is 2.37. The number of nitrogens with one attached hydrogen (secondary N) is 1. The van der Waals surface area contributed by atoms with Crippen molar-refractivity contribution in [3.8, 4) is 0 Å². The lowest BCUT2D eigenvalue weighted by atomic mass is 10.0. The normalized spacial score (nSPS) is 26.3. The number of benzene rings is 1. The molecule has 2 aliphatic rings. The molecule has 2 atom stereocenters. The Hall–Kier alpha value is -1.75. The fourth-order valence-corrected chi connectivity index (χ4v) is 3.36. The molecular weight excluding hydrogens is 240 g/mol. The number of carbonyl (C=O) groups is 1. The predicted octanol–water partition coefficient (Wildman–Crippen LogP) is 1.02. The van der Waals surface area contributed by atoms with Crippen LogP contribution in [0.1, 0.15) is 29.6 Å². The van der Waals surface area contributed by atoms with E-state index in [2.05, 4.69) is 10.2 Å². The monoisotopic (exact) mass is 260 g/mol. The van der Waals surface area contributed by atoms with Gasteiger partial charge < -0.3 is 16.8 Å². The lowest BCUT2D eigenvalue weighted by molar-refractivity contribution is 0.100. The zero-order valence-corrected chi connectivity index (χ0v) is 10.9. The summed E-state index contributed by atoms with van der Waals surface area (Å²) >= 11 is 0. The van der Waals surface area contributed by atoms with Crippen molar-refractivity contribution in [2.75, 3.05) is 24.1 Å². The summed E-state index contributed by atoms with van der Waals surface area (Å²) in [6.07, 6.45) is 3.65. The molecule has 0 aliphatic carbocycles. The summed E-state index contributed by atoms with van der Waals surface area (Å²) in [6.45, 7) is 2.36. The smallest absolute Gasteiger partial charge is 0.250 e. The maximum atomic E-state index is 11.3. The van der Waals surface area contributed by atoms with E-state index in [4.69, 9.17) is 11.5 Å². The van der Waals surface area contributed by atoms with E-state index in [0.29, 0.717) is 23.3 Å². The van der Waals surface area contributed by atoms with Crippen LogP contribution in [-0.2, 0) is 0 Å². The lowest BCUT2D eigenvalue weighted by Gasteiger charge is -2.23. The van der Waals surface area contributed by atoms with E-state index < -0.39 is 5.91 Å². The first kappa shape index (κ1) is 12.3. The predicted molar refractivity (Wildman–Crippen MR) is 76.0 cm³/mol. The lowest BCUT2D eigenvalue weighted by Crippen LogP contribution is -2.34. The number of fused-ring (bicyclic) bond motifs is 1. The summed E-state index contributed by atoms with van der Waals surface area (Å²) in [5.74, 6) is -0.477. The zero-order valence-electron chi connectivity index (χ0n) is 10.9. The van der Waals surface area contributed by atoms with Crippen molar-refractivity contribution in [3.63, 3.8) is 0 Å². The van der Waals surface area contributed by atoms with Gasteiger partial charge in [0.1, 0.15) is 0 Å². The van der Waals surface area contributed by atoms with E-state index in [9.17, 15) is 4.79 Å². The minimum atomic E-state index is -0.477. The van der Waals surface area contributed by atoms with Crippen molar-refractivity contribution in [1.29, 1.82) is 0 Å². The highest BCUT2D eigenvalue weighted by molar-refractivity contribution is 6.00. The third-order valence-corrected chi connectivity index (χ3v) is 4.32. The maximum absolute atomic E-state index is 11.3. The van der Waals surface area contributed by atoms with Crippen LogP contribution in [0.3, 0.4) is 0 Å². The van der Waals surface area contributed by atoms with Gasteiger partial charge in [-0.2, -0.15) is 0 Å². The quantitative estimate of drug-likeness (QED) is 0.708. The minimum absolute atomic E-state index is 0.395. The zero-order chi connectivity index (χ0) is 13.4. The number of amides is 1. The molecular formula is C14H20N4O. The van der Waals surface area contributed by atoms with Crippen LogP contribution in [-0.4, -0.2) is 36.0 Å². The van der Waals surface area contributed by atoms with Gasteiger partial charge >= 0.3 is 0 Å². The molecule has 5 heteroatoms. The Morgan fingerprint density at radius 3 is 2.95 bits per heavy atom. The minimum Gasteiger partial charge on any atom is -0.396 e. The van der Waals surface area contributed by atoms with Crippen molar-refractivity contribution >= 4 is 17.3 Å². The molecule has 0 radical (unpaired) electrons.